The number of aromatic amines is 3. The van der Waals surface area contributed by atoms with Gasteiger partial charge in [-0.15, -0.1) is 0 Å². The molecule has 0 aliphatic rings. The summed E-state index contributed by atoms with van der Waals surface area (Å²) in [6, 6.07) is 5.13. The SMILES string of the molecule is O=c1cc[nH]c(=O)[nH]1.c1cc[nH]c1. The smallest absolute Gasteiger partial charge is 0.325 e. The molecule has 0 aromatic carbocycles. The van der Waals surface area contributed by atoms with E-state index in [2.05, 4.69) is 9.97 Å². The van der Waals surface area contributed by atoms with Crippen molar-refractivity contribution in [2.24, 2.45) is 0 Å². The van der Waals surface area contributed by atoms with Gasteiger partial charge in [0.2, 0.25) is 0 Å². The highest BCUT2D eigenvalue weighted by Gasteiger charge is 1.77. The Morgan fingerprint density at radius 3 is 2.00 bits per heavy atom. The molecule has 2 rings (SSSR count). The summed E-state index contributed by atoms with van der Waals surface area (Å²) < 4.78 is 0. The van der Waals surface area contributed by atoms with Crippen LogP contribution in [0.25, 0.3) is 0 Å². The third-order valence-corrected chi connectivity index (χ3v) is 1.18. The lowest BCUT2D eigenvalue weighted by molar-refractivity contribution is 1.04. The minimum Gasteiger partial charge on any atom is -0.368 e. The first kappa shape index (κ1) is 9.05. The summed E-state index contributed by atoms with van der Waals surface area (Å²) in [6.45, 7) is 0. The molecule has 0 saturated carbocycles. The van der Waals surface area contributed by atoms with E-state index in [0.29, 0.717) is 0 Å². The Labute approximate surface area is 73.5 Å². The third kappa shape index (κ3) is 3.76. The second kappa shape index (κ2) is 4.76. The lowest BCUT2D eigenvalue weighted by Gasteiger charge is -1.75. The monoisotopic (exact) mass is 179 g/mol. The average Bonchev–Trinajstić information content (AvgIpc) is 2.59. The van der Waals surface area contributed by atoms with Gasteiger partial charge in [-0.1, -0.05) is 0 Å². The standard InChI is InChI=1S/C4H4N2O2.C4H5N/c7-3-1-2-5-4(8)6-3;1-2-4-5-3-1/h1-2H,(H2,5,6,7,8);1-5H. The fourth-order valence-corrected chi connectivity index (χ4v) is 0.660. The Kier molecular flexibility index (Phi) is 3.31. The van der Waals surface area contributed by atoms with Crippen LogP contribution in [0.1, 0.15) is 0 Å². The number of hydrogen-bond donors (Lipinski definition) is 3. The summed E-state index contributed by atoms with van der Waals surface area (Å²) in [7, 11) is 0. The van der Waals surface area contributed by atoms with Gasteiger partial charge in [-0.25, -0.2) is 4.79 Å². The molecule has 0 radical (unpaired) electrons. The molecule has 13 heavy (non-hydrogen) atoms. The van der Waals surface area contributed by atoms with Crippen molar-refractivity contribution < 1.29 is 0 Å². The van der Waals surface area contributed by atoms with E-state index in [1.165, 1.54) is 12.3 Å². The van der Waals surface area contributed by atoms with Crippen molar-refractivity contribution in [1.82, 2.24) is 15.0 Å². The molecule has 0 aliphatic carbocycles. The van der Waals surface area contributed by atoms with Crippen molar-refractivity contribution in [1.29, 1.82) is 0 Å². The Hall–Kier alpha value is -2.04. The highest BCUT2D eigenvalue weighted by atomic mass is 16.2. The van der Waals surface area contributed by atoms with E-state index in [9.17, 15) is 9.59 Å². The Morgan fingerprint density at radius 1 is 1.00 bits per heavy atom. The zero-order valence-corrected chi connectivity index (χ0v) is 6.78. The molecule has 68 valence electrons. The van der Waals surface area contributed by atoms with Gasteiger partial charge in [0.25, 0.3) is 5.56 Å². The Morgan fingerprint density at radius 2 is 1.69 bits per heavy atom. The normalized spacial score (nSPS) is 8.62. The van der Waals surface area contributed by atoms with Gasteiger partial charge in [0.1, 0.15) is 0 Å². The van der Waals surface area contributed by atoms with Crippen LogP contribution in [0.5, 0.6) is 0 Å². The summed E-state index contributed by atoms with van der Waals surface area (Å²) in [5, 5.41) is 0. The van der Waals surface area contributed by atoms with Gasteiger partial charge >= 0.3 is 5.69 Å². The molecule has 5 heteroatoms. The molecule has 0 atom stereocenters. The third-order valence-electron chi connectivity index (χ3n) is 1.18. The second-order valence-corrected chi connectivity index (χ2v) is 2.18. The van der Waals surface area contributed by atoms with Crippen molar-refractivity contribution in [3.05, 3.63) is 57.6 Å². The number of rotatable bonds is 0. The zero-order chi connectivity index (χ0) is 9.52. The summed E-state index contributed by atoms with van der Waals surface area (Å²) in [5.74, 6) is 0. The van der Waals surface area contributed by atoms with Gasteiger partial charge in [-0.05, 0) is 12.1 Å². The van der Waals surface area contributed by atoms with E-state index in [1.54, 1.807) is 0 Å². The van der Waals surface area contributed by atoms with E-state index in [1.807, 2.05) is 29.5 Å². The number of nitrogens with one attached hydrogen (secondary N) is 3. The Balaban J connectivity index is 0.000000145. The fraction of sp³-hybridized carbons (Fsp3) is 0. The molecule has 5 nitrogen and oxygen atoms in total. The van der Waals surface area contributed by atoms with Crippen LogP contribution in [0.4, 0.5) is 0 Å². The lowest BCUT2D eigenvalue weighted by atomic mass is 10.7. The van der Waals surface area contributed by atoms with Crippen LogP contribution < -0.4 is 11.2 Å². The first-order valence-corrected chi connectivity index (χ1v) is 3.65. The van der Waals surface area contributed by atoms with Crippen LogP contribution in [-0.2, 0) is 0 Å². The number of hydrogen-bond acceptors (Lipinski definition) is 2. The summed E-state index contributed by atoms with van der Waals surface area (Å²) >= 11 is 0. The van der Waals surface area contributed by atoms with E-state index in [-0.39, 0.29) is 5.56 Å². The van der Waals surface area contributed by atoms with Crippen LogP contribution >= 0.6 is 0 Å². The zero-order valence-electron chi connectivity index (χ0n) is 6.78. The first-order valence-electron chi connectivity index (χ1n) is 3.65. The topological polar surface area (TPSA) is 81.5 Å². The number of H-pyrrole nitrogens is 3. The maximum absolute atomic E-state index is 10.2. The van der Waals surface area contributed by atoms with Gasteiger partial charge in [0.05, 0.1) is 0 Å². The molecule has 3 N–H and O–H groups in total. The van der Waals surface area contributed by atoms with Gasteiger partial charge in [0.15, 0.2) is 0 Å². The van der Waals surface area contributed by atoms with Crippen molar-refractivity contribution in [3.8, 4) is 0 Å². The quantitative estimate of drug-likeness (QED) is 0.535. The van der Waals surface area contributed by atoms with Gasteiger partial charge in [-0.3, -0.25) is 9.78 Å². The average molecular weight is 179 g/mol. The predicted octanol–water partition coefficient (Wildman–Crippen LogP) is 0.0779. The highest BCUT2D eigenvalue weighted by molar-refractivity contribution is 4.84. The molecule has 2 aromatic heterocycles. The van der Waals surface area contributed by atoms with Crippen LogP contribution in [0.2, 0.25) is 0 Å². The molecule has 0 amide bonds. The first-order chi connectivity index (χ1) is 6.29. The molecule has 0 spiro atoms. The molecular weight excluding hydrogens is 170 g/mol. The van der Waals surface area contributed by atoms with E-state index >= 15 is 0 Å². The minimum absolute atomic E-state index is 0.381. The van der Waals surface area contributed by atoms with E-state index in [0.717, 1.165) is 0 Å². The lowest BCUT2D eigenvalue weighted by Crippen LogP contribution is -2.19. The second-order valence-electron chi connectivity index (χ2n) is 2.18. The predicted molar refractivity (Wildman–Crippen MR) is 48.5 cm³/mol. The summed E-state index contributed by atoms with van der Waals surface area (Å²) in [6.07, 6.45) is 5.04. The van der Waals surface area contributed by atoms with Crippen LogP contribution in [0.15, 0.2) is 46.4 Å². The van der Waals surface area contributed by atoms with E-state index in [4.69, 9.17) is 0 Å². The van der Waals surface area contributed by atoms with E-state index < -0.39 is 5.69 Å². The number of aromatic nitrogens is 3. The van der Waals surface area contributed by atoms with Crippen LogP contribution in [-0.4, -0.2) is 15.0 Å². The maximum atomic E-state index is 10.2. The highest BCUT2D eigenvalue weighted by Crippen LogP contribution is 1.72. The largest absolute Gasteiger partial charge is 0.368 e. The Bertz CT molecular complexity index is 384. The van der Waals surface area contributed by atoms with Crippen LogP contribution in [0, 0.1) is 0 Å². The molecule has 0 unspecified atom stereocenters. The molecule has 0 bridgehead atoms. The summed E-state index contributed by atoms with van der Waals surface area (Å²) in [5.41, 5.74) is -0.855. The van der Waals surface area contributed by atoms with Crippen LogP contribution in [0.3, 0.4) is 0 Å². The van der Waals surface area contributed by atoms with Crippen molar-refractivity contribution in [2.45, 2.75) is 0 Å². The minimum atomic E-state index is -0.475. The van der Waals surface area contributed by atoms with Gasteiger partial charge in [0, 0.05) is 24.7 Å². The molecule has 0 fully saturated rings. The van der Waals surface area contributed by atoms with Gasteiger partial charge < -0.3 is 9.97 Å². The van der Waals surface area contributed by atoms with Crippen molar-refractivity contribution in [2.75, 3.05) is 0 Å². The molecule has 0 saturated heterocycles. The van der Waals surface area contributed by atoms with Gasteiger partial charge in [-0.2, -0.15) is 0 Å². The fourth-order valence-electron chi connectivity index (χ4n) is 0.660. The maximum Gasteiger partial charge on any atom is 0.325 e. The summed E-state index contributed by atoms with van der Waals surface area (Å²) in [4.78, 5) is 27.5. The van der Waals surface area contributed by atoms with Crippen molar-refractivity contribution >= 4 is 0 Å². The molecule has 2 heterocycles. The molecular formula is C8H9N3O2. The molecule has 2 aromatic rings. The van der Waals surface area contributed by atoms with Crippen molar-refractivity contribution in [3.63, 3.8) is 0 Å². The molecule has 0 aliphatic heterocycles.